The van der Waals surface area contributed by atoms with Crippen LogP contribution in [0.4, 0.5) is 19.0 Å². The molecule has 0 amide bonds. The first-order chi connectivity index (χ1) is 13.6. The quantitative estimate of drug-likeness (QED) is 0.662. The van der Waals surface area contributed by atoms with E-state index in [0.29, 0.717) is 5.65 Å². The topological polar surface area (TPSA) is 75.7 Å². The van der Waals surface area contributed by atoms with Crippen LogP contribution in [0.3, 0.4) is 0 Å². The van der Waals surface area contributed by atoms with E-state index in [0.717, 1.165) is 49.0 Å². The van der Waals surface area contributed by atoms with Crippen molar-refractivity contribution in [3.63, 3.8) is 0 Å². The van der Waals surface area contributed by atoms with Crippen molar-refractivity contribution in [3.05, 3.63) is 47.9 Å². The molecule has 1 saturated carbocycles. The summed E-state index contributed by atoms with van der Waals surface area (Å²) < 4.78 is 47.1. The number of anilines is 1. The Bertz CT molecular complexity index is 922. The van der Waals surface area contributed by atoms with Crippen LogP contribution in [0.15, 0.2) is 30.7 Å². The van der Waals surface area contributed by atoms with Crippen molar-refractivity contribution in [1.29, 1.82) is 0 Å². The average molecular weight is 391 g/mol. The lowest BCUT2D eigenvalue weighted by Gasteiger charge is -2.30. The number of halogens is 3. The molecule has 0 bridgehead atoms. The molecule has 0 spiro atoms. The first-order valence-electron chi connectivity index (χ1n) is 9.22. The van der Waals surface area contributed by atoms with E-state index in [2.05, 4.69) is 25.5 Å². The van der Waals surface area contributed by atoms with Gasteiger partial charge in [0.2, 0.25) is 0 Å². The zero-order valence-electron chi connectivity index (χ0n) is 15.0. The van der Waals surface area contributed by atoms with Crippen molar-refractivity contribution < 1.29 is 17.9 Å². The van der Waals surface area contributed by atoms with Crippen molar-refractivity contribution in [2.75, 3.05) is 11.9 Å². The zero-order valence-corrected chi connectivity index (χ0v) is 15.0. The van der Waals surface area contributed by atoms with Gasteiger partial charge in [0, 0.05) is 6.04 Å². The van der Waals surface area contributed by atoms with E-state index in [-0.39, 0.29) is 18.8 Å². The third-order valence-corrected chi connectivity index (χ3v) is 5.05. The molecule has 0 aliphatic heterocycles. The summed E-state index contributed by atoms with van der Waals surface area (Å²) in [6.07, 6.45) is 4.28. The monoisotopic (exact) mass is 391 g/mol. The zero-order chi connectivity index (χ0) is 19.5. The Morgan fingerprint density at radius 1 is 1.14 bits per heavy atom. The van der Waals surface area contributed by atoms with Crippen molar-refractivity contribution in [2.45, 2.75) is 44.0 Å². The molecule has 0 radical (unpaired) electrons. The van der Waals surface area contributed by atoms with E-state index >= 15 is 0 Å². The van der Waals surface area contributed by atoms with E-state index < -0.39 is 23.4 Å². The van der Waals surface area contributed by atoms with Crippen LogP contribution >= 0.6 is 0 Å². The lowest BCUT2D eigenvalue weighted by atomic mass is 9.93. The molecular weight excluding hydrogens is 371 g/mol. The number of fused-ring (bicyclic) bond motifs is 1. The largest absolute Gasteiger partial charge is 0.375 e. The van der Waals surface area contributed by atoms with Gasteiger partial charge >= 0.3 is 0 Å². The molecule has 1 aliphatic rings. The standard InChI is InChI=1S/C19H20F3N5O/c20-14-2-1-3-15(21)17(14)16(22)9-28-12-6-4-11(5-7-12)26-18-13-8-25-27-19(13)24-10-23-18/h1-3,8,10-12,16H,4-7,9H2,(H2,23,24,25,26,27)/t11?,12?,16-/m0/s1. The number of H-pyrrole nitrogens is 1. The molecule has 2 heterocycles. The normalized spacial score (nSPS) is 21.0. The Kier molecular flexibility index (Phi) is 5.43. The fourth-order valence-corrected chi connectivity index (χ4v) is 3.56. The Labute approximate surface area is 159 Å². The Morgan fingerprint density at radius 2 is 1.89 bits per heavy atom. The van der Waals surface area contributed by atoms with Gasteiger partial charge in [0.05, 0.1) is 29.9 Å². The van der Waals surface area contributed by atoms with Gasteiger partial charge in [-0.25, -0.2) is 23.1 Å². The highest BCUT2D eigenvalue weighted by Gasteiger charge is 2.25. The van der Waals surface area contributed by atoms with E-state index in [1.807, 2.05) is 0 Å². The molecule has 9 heteroatoms. The molecule has 28 heavy (non-hydrogen) atoms. The predicted octanol–water partition coefficient (Wildman–Crippen LogP) is 4.08. The van der Waals surface area contributed by atoms with Crippen molar-refractivity contribution in [1.82, 2.24) is 20.2 Å². The van der Waals surface area contributed by atoms with E-state index in [1.165, 1.54) is 12.4 Å². The maximum atomic E-state index is 14.3. The maximum Gasteiger partial charge on any atom is 0.160 e. The summed E-state index contributed by atoms with van der Waals surface area (Å²) >= 11 is 0. The number of ether oxygens (including phenoxy) is 1. The summed E-state index contributed by atoms with van der Waals surface area (Å²) in [5, 5.41) is 11.0. The molecule has 1 aliphatic carbocycles. The highest BCUT2D eigenvalue weighted by atomic mass is 19.2. The van der Waals surface area contributed by atoms with E-state index in [1.54, 1.807) is 6.20 Å². The molecule has 2 aromatic heterocycles. The van der Waals surface area contributed by atoms with Crippen LogP contribution in [0.2, 0.25) is 0 Å². The maximum absolute atomic E-state index is 14.3. The molecule has 3 aromatic rings. The van der Waals surface area contributed by atoms with Crippen LogP contribution in [-0.4, -0.2) is 38.9 Å². The highest BCUT2D eigenvalue weighted by Crippen LogP contribution is 2.29. The number of aromatic amines is 1. The first-order valence-corrected chi connectivity index (χ1v) is 9.22. The second-order valence-electron chi connectivity index (χ2n) is 6.91. The Morgan fingerprint density at radius 3 is 2.64 bits per heavy atom. The number of hydrogen-bond acceptors (Lipinski definition) is 5. The minimum atomic E-state index is -1.83. The summed E-state index contributed by atoms with van der Waals surface area (Å²) in [6, 6.07) is 3.51. The van der Waals surface area contributed by atoms with Gasteiger partial charge in [-0.3, -0.25) is 5.10 Å². The van der Waals surface area contributed by atoms with Crippen LogP contribution in [0, 0.1) is 11.6 Å². The minimum absolute atomic E-state index is 0.134. The van der Waals surface area contributed by atoms with E-state index in [9.17, 15) is 13.2 Å². The van der Waals surface area contributed by atoms with Gasteiger partial charge in [0.1, 0.15) is 23.8 Å². The van der Waals surface area contributed by atoms with Gasteiger partial charge in [-0.2, -0.15) is 5.10 Å². The number of aromatic nitrogens is 4. The Hall–Kier alpha value is -2.68. The second-order valence-corrected chi connectivity index (χ2v) is 6.91. The van der Waals surface area contributed by atoms with Gasteiger partial charge in [-0.1, -0.05) is 6.07 Å². The van der Waals surface area contributed by atoms with Crippen LogP contribution in [0.1, 0.15) is 37.4 Å². The molecule has 0 saturated heterocycles. The van der Waals surface area contributed by atoms with Crippen LogP contribution in [0.5, 0.6) is 0 Å². The van der Waals surface area contributed by atoms with Crippen LogP contribution in [0.25, 0.3) is 11.0 Å². The van der Waals surface area contributed by atoms with Gasteiger partial charge in [0.15, 0.2) is 11.8 Å². The molecule has 1 fully saturated rings. The molecule has 4 rings (SSSR count). The number of nitrogens with zero attached hydrogens (tertiary/aromatic N) is 3. The summed E-state index contributed by atoms with van der Waals surface area (Å²) in [6.45, 7) is -0.359. The van der Waals surface area contributed by atoms with Gasteiger partial charge in [0.25, 0.3) is 0 Å². The molecule has 148 valence electrons. The number of alkyl halides is 1. The molecule has 1 atom stereocenters. The fraction of sp³-hybridized carbons (Fsp3) is 0.421. The van der Waals surface area contributed by atoms with Crippen molar-refractivity contribution in [3.8, 4) is 0 Å². The van der Waals surface area contributed by atoms with Gasteiger partial charge < -0.3 is 10.1 Å². The first kappa shape index (κ1) is 18.7. The molecule has 0 unspecified atom stereocenters. The lowest BCUT2D eigenvalue weighted by Crippen LogP contribution is -2.30. The minimum Gasteiger partial charge on any atom is -0.375 e. The SMILES string of the molecule is Fc1cccc(F)c1[C@@H](F)COC1CCC(Nc2ncnc3[nH]ncc23)CC1. The smallest absolute Gasteiger partial charge is 0.160 e. The van der Waals surface area contributed by atoms with Crippen molar-refractivity contribution in [2.24, 2.45) is 0 Å². The number of hydrogen-bond donors (Lipinski definition) is 2. The average Bonchev–Trinajstić information content (AvgIpc) is 3.17. The second kappa shape index (κ2) is 8.14. The number of nitrogens with one attached hydrogen (secondary N) is 2. The van der Waals surface area contributed by atoms with Crippen molar-refractivity contribution >= 4 is 16.9 Å². The third-order valence-electron chi connectivity index (χ3n) is 5.05. The molecule has 2 N–H and O–H groups in total. The van der Waals surface area contributed by atoms with E-state index in [4.69, 9.17) is 4.74 Å². The summed E-state index contributed by atoms with van der Waals surface area (Å²) in [5.74, 6) is -1.05. The van der Waals surface area contributed by atoms with Gasteiger partial charge in [-0.05, 0) is 37.8 Å². The Balaban J connectivity index is 1.28. The summed E-state index contributed by atoms with van der Waals surface area (Å²) in [5.41, 5.74) is 0.106. The third kappa shape index (κ3) is 3.94. The van der Waals surface area contributed by atoms with Gasteiger partial charge in [-0.15, -0.1) is 0 Å². The fourth-order valence-electron chi connectivity index (χ4n) is 3.56. The van der Waals surface area contributed by atoms with Crippen LogP contribution < -0.4 is 5.32 Å². The summed E-state index contributed by atoms with van der Waals surface area (Å²) in [4.78, 5) is 8.37. The summed E-state index contributed by atoms with van der Waals surface area (Å²) in [7, 11) is 0. The highest BCUT2D eigenvalue weighted by molar-refractivity contribution is 5.85. The molecule has 1 aromatic carbocycles. The number of benzene rings is 1. The molecule has 6 nitrogen and oxygen atoms in total. The van der Waals surface area contributed by atoms with Crippen LogP contribution in [-0.2, 0) is 4.74 Å². The number of rotatable bonds is 6. The molecular formula is C19H20F3N5O. The lowest BCUT2D eigenvalue weighted by molar-refractivity contribution is -0.00386. The predicted molar refractivity (Wildman–Crippen MR) is 97.5 cm³/mol.